The summed E-state index contributed by atoms with van der Waals surface area (Å²) in [6, 6.07) is 5.50. The second-order valence-electron chi connectivity index (χ2n) is 5.47. The van der Waals surface area contributed by atoms with Crippen LogP contribution in [0.25, 0.3) is 0 Å². The Morgan fingerprint density at radius 3 is 2.52 bits per heavy atom. The number of pyridine rings is 1. The molecule has 7 heteroatoms. The molecule has 1 amide bonds. The quantitative estimate of drug-likeness (QED) is 0.852. The van der Waals surface area contributed by atoms with Crippen LogP contribution in [0.15, 0.2) is 24.4 Å². The molecule has 0 radical (unpaired) electrons. The minimum absolute atomic E-state index is 0.00672. The molecule has 0 unspecified atom stereocenters. The Balaban J connectivity index is 1.78. The molecule has 0 saturated carbocycles. The van der Waals surface area contributed by atoms with Gasteiger partial charge < -0.3 is 14.5 Å². The van der Waals surface area contributed by atoms with E-state index in [1.807, 2.05) is 30.9 Å². The second kappa shape index (κ2) is 6.20. The van der Waals surface area contributed by atoms with Crippen LogP contribution in [0.3, 0.4) is 0 Å². The molecule has 1 aliphatic rings. The third kappa shape index (κ3) is 3.23. The number of aryl methyl sites for hydroxylation is 2. The molecule has 3 heterocycles. The number of amides is 1. The predicted octanol–water partition coefficient (Wildman–Crippen LogP) is 1.35. The lowest BCUT2D eigenvalue weighted by molar-refractivity contribution is -0.117. The Morgan fingerprint density at radius 1 is 1.13 bits per heavy atom. The average Bonchev–Trinajstić information content (AvgIpc) is 2.54. The van der Waals surface area contributed by atoms with Crippen LogP contribution in [0.5, 0.6) is 5.88 Å². The van der Waals surface area contributed by atoms with Crippen molar-refractivity contribution in [2.24, 2.45) is 0 Å². The number of hydrogen-bond donors (Lipinski definition) is 0. The molecule has 7 nitrogen and oxygen atoms in total. The smallest absolute Gasteiger partial charge is 0.246 e. The van der Waals surface area contributed by atoms with Crippen molar-refractivity contribution in [3.63, 3.8) is 0 Å². The third-order valence-corrected chi connectivity index (χ3v) is 3.71. The number of ether oxygens (including phenoxy) is 1. The zero-order valence-electron chi connectivity index (χ0n) is 13.5. The van der Waals surface area contributed by atoms with Gasteiger partial charge in [0.1, 0.15) is 6.54 Å². The number of methoxy groups -OCH3 is 1. The maximum atomic E-state index is 12.5. The van der Waals surface area contributed by atoms with Gasteiger partial charge in [-0.05, 0) is 26.0 Å². The van der Waals surface area contributed by atoms with E-state index in [-0.39, 0.29) is 12.5 Å². The van der Waals surface area contributed by atoms with Crippen molar-refractivity contribution in [2.45, 2.75) is 13.8 Å². The summed E-state index contributed by atoms with van der Waals surface area (Å²) in [5, 5.41) is 0. The van der Waals surface area contributed by atoms with E-state index in [0.29, 0.717) is 24.9 Å². The maximum Gasteiger partial charge on any atom is 0.246 e. The van der Waals surface area contributed by atoms with Gasteiger partial charge in [0, 0.05) is 36.7 Å². The van der Waals surface area contributed by atoms with Crippen molar-refractivity contribution in [1.29, 1.82) is 0 Å². The number of anilines is 2. The van der Waals surface area contributed by atoms with E-state index in [0.717, 1.165) is 17.1 Å². The van der Waals surface area contributed by atoms with Gasteiger partial charge in [-0.15, -0.1) is 0 Å². The molecule has 0 aromatic carbocycles. The van der Waals surface area contributed by atoms with E-state index in [2.05, 4.69) is 15.0 Å². The minimum atomic E-state index is 0.00672. The molecule has 0 atom stereocenters. The molecule has 1 saturated heterocycles. The first-order chi connectivity index (χ1) is 11.1. The van der Waals surface area contributed by atoms with Gasteiger partial charge in [0.15, 0.2) is 0 Å². The fourth-order valence-electron chi connectivity index (χ4n) is 2.64. The second-order valence-corrected chi connectivity index (χ2v) is 5.47. The topological polar surface area (TPSA) is 71.5 Å². The Morgan fingerprint density at radius 2 is 1.87 bits per heavy atom. The van der Waals surface area contributed by atoms with E-state index in [1.165, 1.54) is 0 Å². The van der Waals surface area contributed by atoms with Gasteiger partial charge in [-0.3, -0.25) is 4.79 Å². The van der Waals surface area contributed by atoms with Crippen molar-refractivity contribution in [3.05, 3.63) is 35.8 Å². The van der Waals surface area contributed by atoms with Crippen LogP contribution in [-0.4, -0.2) is 47.6 Å². The minimum Gasteiger partial charge on any atom is -0.481 e. The molecule has 0 aliphatic carbocycles. The Bertz CT molecular complexity index is 714. The molecule has 1 aliphatic heterocycles. The summed E-state index contributed by atoms with van der Waals surface area (Å²) < 4.78 is 5.12. The highest BCUT2D eigenvalue weighted by Gasteiger charge is 2.27. The predicted molar refractivity (Wildman–Crippen MR) is 86.9 cm³/mol. The number of carbonyl (C=O) groups is 1. The van der Waals surface area contributed by atoms with Gasteiger partial charge in [-0.1, -0.05) is 0 Å². The van der Waals surface area contributed by atoms with Gasteiger partial charge in [0.05, 0.1) is 12.8 Å². The zero-order chi connectivity index (χ0) is 16.4. The van der Waals surface area contributed by atoms with E-state index < -0.39 is 0 Å². The molecular weight excluding hydrogens is 294 g/mol. The molecule has 0 bridgehead atoms. The largest absolute Gasteiger partial charge is 0.481 e. The molecule has 2 aromatic rings. The summed E-state index contributed by atoms with van der Waals surface area (Å²) >= 11 is 0. The van der Waals surface area contributed by atoms with E-state index in [9.17, 15) is 4.79 Å². The lowest BCUT2D eigenvalue weighted by Gasteiger charge is -2.34. The Hall–Kier alpha value is -2.70. The summed E-state index contributed by atoms with van der Waals surface area (Å²) in [5.74, 6) is 1.12. The van der Waals surface area contributed by atoms with Crippen molar-refractivity contribution in [2.75, 3.05) is 36.5 Å². The molecule has 0 N–H and O–H groups in total. The van der Waals surface area contributed by atoms with E-state index in [4.69, 9.17) is 4.74 Å². The summed E-state index contributed by atoms with van der Waals surface area (Å²) in [6.07, 6.45) is 1.64. The van der Waals surface area contributed by atoms with Crippen LogP contribution in [0.2, 0.25) is 0 Å². The molecule has 120 valence electrons. The molecular formula is C16H19N5O2. The highest BCUT2D eigenvalue weighted by Crippen LogP contribution is 2.22. The highest BCUT2D eigenvalue weighted by molar-refractivity contribution is 5.97. The first-order valence-corrected chi connectivity index (χ1v) is 7.44. The summed E-state index contributed by atoms with van der Waals surface area (Å²) in [7, 11) is 1.56. The van der Waals surface area contributed by atoms with Crippen molar-refractivity contribution in [3.8, 4) is 5.88 Å². The fourth-order valence-corrected chi connectivity index (χ4v) is 2.64. The number of aromatic nitrogens is 3. The summed E-state index contributed by atoms with van der Waals surface area (Å²) in [6.45, 7) is 5.37. The van der Waals surface area contributed by atoms with Gasteiger partial charge in [0.25, 0.3) is 0 Å². The first-order valence-electron chi connectivity index (χ1n) is 7.44. The average molecular weight is 313 g/mol. The van der Waals surface area contributed by atoms with E-state index in [1.54, 1.807) is 24.3 Å². The molecule has 2 aromatic heterocycles. The van der Waals surface area contributed by atoms with Gasteiger partial charge >= 0.3 is 0 Å². The van der Waals surface area contributed by atoms with Gasteiger partial charge in [-0.2, -0.15) is 0 Å². The Labute approximate surface area is 134 Å². The number of carbonyl (C=O) groups excluding carboxylic acids is 1. The summed E-state index contributed by atoms with van der Waals surface area (Å²) in [5.41, 5.74) is 2.60. The monoisotopic (exact) mass is 313 g/mol. The third-order valence-electron chi connectivity index (χ3n) is 3.71. The van der Waals surface area contributed by atoms with Gasteiger partial charge in [0.2, 0.25) is 17.7 Å². The first kappa shape index (κ1) is 15.2. The molecule has 23 heavy (non-hydrogen) atoms. The van der Waals surface area contributed by atoms with Crippen LogP contribution < -0.4 is 14.5 Å². The van der Waals surface area contributed by atoms with Crippen LogP contribution in [-0.2, 0) is 4.79 Å². The normalized spacial score (nSPS) is 15.0. The fraction of sp³-hybridized carbons (Fsp3) is 0.375. The maximum absolute atomic E-state index is 12.5. The van der Waals surface area contributed by atoms with Crippen LogP contribution in [0.4, 0.5) is 11.6 Å². The lowest BCUT2D eigenvalue weighted by atomic mass is 10.2. The van der Waals surface area contributed by atoms with Crippen LogP contribution >= 0.6 is 0 Å². The van der Waals surface area contributed by atoms with Crippen LogP contribution in [0.1, 0.15) is 11.4 Å². The van der Waals surface area contributed by atoms with Crippen molar-refractivity contribution >= 4 is 17.5 Å². The van der Waals surface area contributed by atoms with E-state index >= 15 is 0 Å². The SMILES string of the molecule is COc1cc(N2CCN(c3nc(C)cc(C)n3)CC2=O)ccn1. The highest BCUT2D eigenvalue weighted by atomic mass is 16.5. The van der Waals surface area contributed by atoms with Crippen LogP contribution in [0, 0.1) is 13.8 Å². The Kier molecular flexibility index (Phi) is 4.10. The number of piperazine rings is 1. The standard InChI is InChI=1S/C16H19N5O2/c1-11-8-12(2)19-16(18-11)20-6-7-21(15(22)10-20)13-4-5-17-14(9-13)23-3/h4-5,8-9H,6-7,10H2,1-3H3. The zero-order valence-corrected chi connectivity index (χ0v) is 13.5. The molecule has 3 rings (SSSR count). The number of nitrogens with zero attached hydrogens (tertiary/aromatic N) is 5. The molecule has 1 fully saturated rings. The molecule has 0 spiro atoms. The van der Waals surface area contributed by atoms with Gasteiger partial charge in [-0.25, -0.2) is 15.0 Å². The van der Waals surface area contributed by atoms with Crippen molar-refractivity contribution < 1.29 is 9.53 Å². The van der Waals surface area contributed by atoms with Crippen molar-refractivity contribution in [1.82, 2.24) is 15.0 Å². The summed E-state index contributed by atoms with van der Waals surface area (Å²) in [4.78, 5) is 29.1. The number of hydrogen-bond acceptors (Lipinski definition) is 6. The number of rotatable bonds is 3. The lowest BCUT2D eigenvalue weighted by Crippen LogP contribution is -2.51.